The standard InChI is InChI=1S/C17H22N6O3/c1-2-22-15(24)8-14(20-17(22)26)21-7-5-11(10-21)19-16(25)12-9-18-23-6-3-4-13(12)23/h8-9,11H,2-7,10H2,1H3,(H,19,25)(H,20,26)/t11-/m0/s1. The molecule has 0 aromatic carbocycles. The number of hydrogen-bond acceptors (Lipinski definition) is 5. The van der Waals surface area contributed by atoms with Crippen molar-refractivity contribution in [2.24, 2.45) is 0 Å². The fourth-order valence-corrected chi connectivity index (χ4v) is 3.79. The Morgan fingerprint density at radius 1 is 1.38 bits per heavy atom. The molecule has 138 valence electrons. The molecule has 9 heteroatoms. The molecule has 0 spiro atoms. The minimum absolute atomic E-state index is 0.0310. The summed E-state index contributed by atoms with van der Waals surface area (Å²) in [7, 11) is 0. The van der Waals surface area contributed by atoms with Gasteiger partial charge in [-0.3, -0.25) is 23.8 Å². The Balaban J connectivity index is 1.45. The highest BCUT2D eigenvalue weighted by Crippen LogP contribution is 2.20. The number of aryl methyl sites for hydroxylation is 1. The minimum atomic E-state index is -0.405. The number of aromatic nitrogens is 4. The van der Waals surface area contributed by atoms with Crippen LogP contribution < -0.4 is 21.5 Å². The molecular formula is C17H22N6O3. The summed E-state index contributed by atoms with van der Waals surface area (Å²) in [6, 6.07) is 1.41. The van der Waals surface area contributed by atoms with Crippen molar-refractivity contribution in [3.63, 3.8) is 0 Å². The van der Waals surface area contributed by atoms with Crippen LogP contribution in [0.15, 0.2) is 21.9 Å². The molecule has 2 aromatic rings. The third kappa shape index (κ3) is 2.83. The van der Waals surface area contributed by atoms with E-state index >= 15 is 0 Å². The Labute approximate surface area is 149 Å². The molecule has 9 nitrogen and oxygen atoms in total. The van der Waals surface area contributed by atoms with Gasteiger partial charge in [-0.25, -0.2) is 4.79 Å². The first-order chi connectivity index (χ1) is 12.6. The lowest BCUT2D eigenvalue weighted by atomic mass is 10.1. The molecule has 4 heterocycles. The van der Waals surface area contributed by atoms with E-state index in [1.54, 1.807) is 13.1 Å². The van der Waals surface area contributed by atoms with Crippen molar-refractivity contribution >= 4 is 11.7 Å². The van der Waals surface area contributed by atoms with Crippen molar-refractivity contribution in [3.05, 3.63) is 44.4 Å². The van der Waals surface area contributed by atoms with Crippen molar-refractivity contribution < 1.29 is 4.79 Å². The van der Waals surface area contributed by atoms with Gasteiger partial charge in [0.05, 0.1) is 17.5 Å². The predicted molar refractivity (Wildman–Crippen MR) is 95.6 cm³/mol. The number of fused-ring (bicyclic) bond motifs is 1. The molecule has 2 aromatic heterocycles. The Morgan fingerprint density at radius 2 is 2.23 bits per heavy atom. The van der Waals surface area contributed by atoms with Crippen LogP contribution >= 0.6 is 0 Å². The first-order valence-corrected chi connectivity index (χ1v) is 9.01. The molecule has 1 atom stereocenters. The zero-order chi connectivity index (χ0) is 18.3. The van der Waals surface area contributed by atoms with Gasteiger partial charge in [-0.2, -0.15) is 5.10 Å². The van der Waals surface area contributed by atoms with Gasteiger partial charge in [-0.05, 0) is 26.2 Å². The van der Waals surface area contributed by atoms with Crippen LogP contribution in [0.2, 0.25) is 0 Å². The Morgan fingerprint density at radius 3 is 3.00 bits per heavy atom. The Hall–Kier alpha value is -2.84. The van der Waals surface area contributed by atoms with Crippen LogP contribution in [0.25, 0.3) is 0 Å². The third-order valence-electron chi connectivity index (χ3n) is 5.16. The molecule has 0 radical (unpaired) electrons. The molecule has 1 amide bonds. The van der Waals surface area contributed by atoms with Crippen molar-refractivity contribution in [1.82, 2.24) is 24.6 Å². The third-order valence-corrected chi connectivity index (χ3v) is 5.16. The number of carbonyl (C=O) groups is 1. The lowest BCUT2D eigenvalue weighted by Gasteiger charge is -2.18. The molecule has 0 bridgehead atoms. The summed E-state index contributed by atoms with van der Waals surface area (Å²) in [6.07, 6.45) is 4.30. The lowest BCUT2D eigenvalue weighted by molar-refractivity contribution is 0.0939. The fourth-order valence-electron chi connectivity index (χ4n) is 3.79. The van der Waals surface area contributed by atoms with E-state index in [-0.39, 0.29) is 17.5 Å². The van der Waals surface area contributed by atoms with E-state index in [9.17, 15) is 14.4 Å². The highest BCUT2D eigenvalue weighted by Gasteiger charge is 2.28. The molecule has 0 unspecified atom stereocenters. The van der Waals surface area contributed by atoms with Crippen LogP contribution in [0.4, 0.5) is 5.82 Å². The number of hydrogen-bond donors (Lipinski definition) is 2. The summed E-state index contributed by atoms with van der Waals surface area (Å²) in [5.41, 5.74) is 0.942. The van der Waals surface area contributed by atoms with E-state index in [1.165, 1.54) is 6.07 Å². The maximum Gasteiger partial charge on any atom is 0.329 e. The second kappa shape index (κ2) is 6.47. The van der Waals surface area contributed by atoms with Crippen LogP contribution in [0.1, 0.15) is 35.8 Å². The number of nitrogens with one attached hydrogen (secondary N) is 2. The number of anilines is 1. The molecule has 2 aliphatic heterocycles. The SMILES string of the molecule is CCn1c(=O)cc(N2CC[C@H](NC(=O)c3cnn4c3CCC4)C2)[nH]c1=O. The Bertz CT molecular complexity index is 925. The van der Waals surface area contributed by atoms with Gasteiger partial charge in [0.15, 0.2) is 0 Å². The number of amides is 1. The first-order valence-electron chi connectivity index (χ1n) is 9.01. The van der Waals surface area contributed by atoms with Gasteiger partial charge < -0.3 is 10.2 Å². The van der Waals surface area contributed by atoms with Crippen LogP contribution in [0.3, 0.4) is 0 Å². The maximum atomic E-state index is 12.6. The molecule has 4 rings (SSSR count). The van der Waals surface area contributed by atoms with E-state index < -0.39 is 5.69 Å². The normalized spacial score (nSPS) is 19.0. The molecule has 0 saturated carbocycles. The van der Waals surface area contributed by atoms with Crippen molar-refractivity contribution in [1.29, 1.82) is 0 Å². The maximum absolute atomic E-state index is 12.6. The number of rotatable bonds is 4. The van der Waals surface area contributed by atoms with Gasteiger partial charge in [0.1, 0.15) is 5.82 Å². The van der Waals surface area contributed by atoms with E-state index in [1.807, 2.05) is 9.58 Å². The number of aromatic amines is 1. The van der Waals surface area contributed by atoms with Crippen LogP contribution in [-0.2, 0) is 19.5 Å². The second-order valence-corrected chi connectivity index (χ2v) is 6.78. The average Bonchev–Trinajstić information content (AvgIpc) is 3.30. The number of carbonyl (C=O) groups excluding carboxylic acids is 1. The summed E-state index contributed by atoms with van der Waals surface area (Å²) >= 11 is 0. The average molecular weight is 358 g/mol. The van der Waals surface area contributed by atoms with Crippen LogP contribution in [0.5, 0.6) is 0 Å². The summed E-state index contributed by atoms with van der Waals surface area (Å²) in [5.74, 6) is 0.405. The van der Waals surface area contributed by atoms with Gasteiger partial charge in [0.25, 0.3) is 11.5 Å². The largest absolute Gasteiger partial charge is 0.356 e. The lowest BCUT2D eigenvalue weighted by Crippen LogP contribution is -2.39. The first kappa shape index (κ1) is 16.6. The number of H-pyrrole nitrogens is 1. The van der Waals surface area contributed by atoms with E-state index in [2.05, 4.69) is 15.4 Å². The van der Waals surface area contributed by atoms with Gasteiger partial charge in [-0.15, -0.1) is 0 Å². The summed E-state index contributed by atoms with van der Waals surface area (Å²) < 4.78 is 3.04. The van der Waals surface area contributed by atoms with Crippen LogP contribution in [-0.4, -0.2) is 44.4 Å². The predicted octanol–water partition coefficient (Wildman–Crippen LogP) is -0.292. The molecule has 2 N–H and O–H groups in total. The molecule has 26 heavy (non-hydrogen) atoms. The molecular weight excluding hydrogens is 336 g/mol. The van der Waals surface area contributed by atoms with Gasteiger partial charge in [0.2, 0.25) is 0 Å². The molecule has 1 saturated heterocycles. The highest BCUT2D eigenvalue weighted by atomic mass is 16.2. The zero-order valence-corrected chi connectivity index (χ0v) is 14.7. The quantitative estimate of drug-likeness (QED) is 0.781. The summed E-state index contributed by atoms with van der Waals surface area (Å²) in [6.45, 7) is 4.19. The number of nitrogens with zero attached hydrogens (tertiary/aromatic N) is 4. The molecule has 1 fully saturated rings. The highest BCUT2D eigenvalue weighted by molar-refractivity contribution is 5.95. The monoisotopic (exact) mass is 358 g/mol. The van der Waals surface area contributed by atoms with Crippen molar-refractivity contribution in [2.75, 3.05) is 18.0 Å². The van der Waals surface area contributed by atoms with Crippen molar-refractivity contribution in [2.45, 2.75) is 45.3 Å². The van der Waals surface area contributed by atoms with Gasteiger partial charge in [0, 0.05) is 38.3 Å². The zero-order valence-electron chi connectivity index (χ0n) is 14.7. The van der Waals surface area contributed by atoms with E-state index in [4.69, 9.17) is 0 Å². The van der Waals surface area contributed by atoms with Crippen molar-refractivity contribution in [3.8, 4) is 0 Å². The fraction of sp³-hybridized carbons (Fsp3) is 0.529. The summed E-state index contributed by atoms with van der Waals surface area (Å²) in [5, 5.41) is 7.31. The Kier molecular flexibility index (Phi) is 4.14. The minimum Gasteiger partial charge on any atom is -0.356 e. The van der Waals surface area contributed by atoms with E-state index in [0.717, 1.165) is 36.1 Å². The van der Waals surface area contributed by atoms with E-state index in [0.29, 0.717) is 31.0 Å². The van der Waals surface area contributed by atoms with Crippen LogP contribution in [0, 0.1) is 0 Å². The smallest absolute Gasteiger partial charge is 0.329 e. The topological polar surface area (TPSA) is 105 Å². The molecule has 0 aliphatic carbocycles. The summed E-state index contributed by atoms with van der Waals surface area (Å²) in [4.78, 5) is 41.2. The second-order valence-electron chi connectivity index (χ2n) is 6.78. The van der Waals surface area contributed by atoms with Gasteiger partial charge >= 0.3 is 5.69 Å². The van der Waals surface area contributed by atoms with Gasteiger partial charge in [-0.1, -0.05) is 0 Å². The molecule has 2 aliphatic rings.